The van der Waals surface area contributed by atoms with Gasteiger partial charge in [0, 0.05) is 24.0 Å². The molecule has 116 valence electrons. The molecule has 0 fully saturated rings. The first-order valence-corrected chi connectivity index (χ1v) is 7.96. The molecule has 4 rings (SSSR count). The predicted molar refractivity (Wildman–Crippen MR) is 93.3 cm³/mol. The number of aryl methyl sites for hydroxylation is 2. The normalized spacial score (nSPS) is 13.1. The van der Waals surface area contributed by atoms with Gasteiger partial charge in [-0.1, -0.05) is 12.1 Å². The van der Waals surface area contributed by atoms with Gasteiger partial charge in [-0.3, -0.25) is 4.79 Å². The molecule has 2 N–H and O–H groups in total. The van der Waals surface area contributed by atoms with Crippen LogP contribution in [0.5, 0.6) is 0 Å². The molecule has 0 atom stereocenters. The smallest absolute Gasteiger partial charge is 0.272 e. The number of nitrogens with one attached hydrogen (secondary N) is 2. The van der Waals surface area contributed by atoms with Gasteiger partial charge in [-0.05, 0) is 60.7 Å². The summed E-state index contributed by atoms with van der Waals surface area (Å²) < 4.78 is 0. The Kier molecular flexibility index (Phi) is 3.18. The molecule has 0 bridgehead atoms. The number of fused-ring (bicyclic) bond motifs is 2. The van der Waals surface area contributed by atoms with Crippen LogP contribution in [0.4, 0.5) is 5.69 Å². The molecule has 0 saturated carbocycles. The molecule has 1 aliphatic rings. The van der Waals surface area contributed by atoms with Crippen molar-refractivity contribution in [2.24, 2.45) is 0 Å². The van der Waals surface area contributed by atoms with Gasteiger partial charge < -0.3 is 5.32 Å². The van der Waals surface area contributed by atoms with Crippen molar-refractivity contribution in [3.8, 4) is 0 Å². The molecular formula is C19H19N3O. The van der Waals surface area contributed by atoms with Gasteiger partial charge in [0.25, 0.3) is 5.56 Å². The number of rotatable bonds is 2. The molecule has 1 aliphatic heterocycles. The second-order valence-electron chi connectivity index (χ2n) is 6.33. The Morgan fingerprint density at radius 2 is 1.87 bits per heavy atom. The van der Waals surface area contributed by atoms with Gasteiger partial charge in [0.05, 0.1) is 11.1 Å². The first-order valence-electron chi connectivity index (χ1n) is 7.96. The average molecular weight is 305 g/mol. The zero-order chi connectivity index (χ0) is 16.0. The second-order valence-corrected chi connectivity index (χ2v) is 6.33. The zero-order valence-corrected chi connectivity index (χ0v) is 13.4. The summed E-state index contributed by atoms with van der Waals surface area (Å²) in [6.07, 6.45) is 1.80. The van der Waals surface area contributed by atoms with E-state index in [-0.39, 0.29) is 5.56 Å². The van der Waals surface area contributed by atoms with Gasteiger partial charge in [0.2, 0.25) is 0 Å². The molecule has 0 amide bonds. The van der Waals surface area contributed by atoms with Crippen LogP contribution in [-0.2, 0) is 12.8 Å². The minimum absolute atomic E-state index is 0.120. The molecule has 0 saturated heterocycles. The number of benzene rings is 2. The highest BCUT2D eigenvalue weighted by atomic mass is 16.1. The van der Waals surface area contributed by atoms with Crippen molar-refractivity contribution in [1.82, 2.24) is 10.2 Å². The molecule has 0 radical (unpaired) electrons. The monoisotopic (exact) mass is 305 g/mol. The molecular weight excluding hydrogens is 286 g/mol. The molecule has 2 heterocycles. The van der Waals surface area contributed by atoms with Crippen LogP contribution in [0.15, 0.2) is 35.1 Å². The fraction of sp³-hybridized carbons (Fsp3) is 0.263. The Morgan fingerprint density at radius 1 is 1.09 bits per heavy atom. The van der Waals surface area contributed by atoms with Crippen molar-refractivity contribution < 1.29 is 0 Å². The summed E-state index contributed by atoms with van der Waals surface area (Å²) in [7, 11) is 0. The van der Waals surface area contributed by atoms with E-state index in [1.54, 1.807) is 0 Å². The van der Waals surface area contributed by atoms with Gasteiger partial charge >= 0.3 is 0 Å². The summed E-state index contributed by atoms with van der Waals surface area (Å²) >= 11 is 0. The minimum atomic E-state index is -0.120. The summed E-state index contributed by atoms with van der Waals surface area (Å²) in [6.45, 7) is 5.11. The van der Waals surface area contributed by atoms with Crippen LogP contribution in [0.25, 0.3) is 10.8 Å². The largest absolute Gasteiger partial charge is 0.384 e. The third kappa shape index (κ3) is 2.40. The van der Waals surface area contributed by atoms with E-state index in [2.05, 4.69) is 46.7 Å². The first kappa shape index (κ1) is 14.0. The number of nitrogens with zero attached hydrogens (tertiary/aromatic N) is 1. The molecule has 2 aromatic carbocycles. The Balaban J connectivity index is 1.81. The third-order valence-electron chi connectivity index (χ3n) is 4.73. The molecule has 0 unspecified atom stereocenters. The van der Waals surface area contributed by atoms with Crippen molar-refractivity contribution in [3.05, 3.63) is 68.6 Å². The fourth-order valence-electron chi connectivity index (χ4n) is 3.28. The fourth-order valence-corrected chi connectivity index (χ4v) is 3.28. The van der Waals surface area contributed by atoms with Crippen LogP contribution in [0.3, 0.4) is 0 Å². The number of H-pyrrole nitrogens is 1. The number of aromatic nitrogens is 2. The van der Waals surface area contributed by atoms with E-state index in [0.717, 1.165) is 41.4 Å². The van der Waals surface area contributed by atoms with Crippen LogP contribution < -0.4 is 10.9 Å². The highest BCUT2D eigenvalue weighted by Crippen LogP contribution is 2.25. The third-order valence-corrected chi connectivity index (χ3v) is 4.73. The van der Waals surface area contributed by atoms with Gasteiger partial charge in [-0.25, -0.2) is 5.10 Å². The number of hydrogen-bond acceptors (Lipinski definition) is 3. The van der Waals surface area contributed by atoms with Crippen molar-refractivity contribution in [1.29, 1.82) is 0 Å². The highest BCUT2D eigenvalue weighted by molar-refractivity contribution is 5.85. The summed E-state index contributed by atoms with van der Waals surface area (Å²) in [5.41, 5.74) is 6.95. The van der Waals surface area contributed by atoms with Crippen molar-refractivity contribution in [2.75, 3.05) is 11.9 Å². The molecule has 23 heavy (non-hydrogen) atoms. The summed E-state index contributed by atoms with van der Waals surface area (Å²) in [5, 5.41) is 12.0. The van der Waals surface area contributed by atoms with Crippen LogP contribution in [-0.4, -0.2) is 16.7 Å². The van der Waals surface area contributed by atoms with Crippen molar-refractivity contribution in [3.63, 3.8) is 0 Å². The highest BCUT2D eigenvalue weighted by Gasteiger charge is 2.13. The lowest BCUT2D eigenvalue weighted by molar-refractivity contribution is 0.932. The summed E-state index contributed by atoms with van der Waals surface area (Å²) in [4.78, 5) is 12.1. The molecule has 4 heteroatoms. The van der Waals surface area contributed by atoms with Crippen molar-refractivity contribution in [2.45, 2.75) is 26.7 Å². The van der Waals surface area contributed by atoms with Crippen LogP contribution in [0.1, 0.15) is 27.9 Å². The predicted octanol–water partition coefficient (Wildman–Crippen LogP) is 3.10. The number of anilines is 1. The van der Waals surface area contributed by atoms with Crippen molar-refractivity contribution >= 4 is 16.5 Å². The standard InChI is InChI=1S/C19H19N3O/c1-11-7-15-16(8-12(11)2)19(23)22-21-18(15)10-13-3-4-17-14(9-13)5-6-20-17/h3-4,7-9,20H,5-6,10H2,1-2H3,(H,22,23). The van der Waals surface area contributed by atoms with E-state index in [4.69, 9.17) is 0 Å². The van der Waals surface area contributed by atoms with Gasteiger partial charge in [-0.2, -0.15) is 5.10 Å². The average Bonchev–Trinajstić information content (AvgIpc) is 3.00. The Bertz CT molecular complexity index is 972. The molecule has 3 aromatic rings. The maximum Gasteiger partial charge on any atom is 0.272 e. The van der Waals surface area contributed by atoms with Gasteiger partial charge in [0.15, 0.2) is 0 Å². The Hall–Kier alpha value is -2.62. The first-order chi connectivity index (χ1) is 11.1. The SMILES string of the molecule is Cc1cc2c(Cc3ccc4c(c3)CCN4)n[nH]c(=O)c2cc1C. The molecule has 0 spiro atoms. The second kappa shape index (κ2) is 5.23. The molecule has 1 aromatic heterocycles. The summed E-state index contributed by atoms with van der Waals surface area (Å²) in [6, 6.07) is 10.6. The van der Waals surface area contributed by atoms with E-state index in [9.17, 15) is 4.79 Å². The molecule has 0 aliphatic carbocycles. The van der Waals surface area contributed by atoms with E-state index >= 15 is 0 Å². The minimum Gasteiger partial charge on any atom is -0.384 e. The van der Waals surface area contributed by atoms with Crippen LogP contribution in [0, 0.1) is 13.8 Å². The summed E-state index contributed by atoms with van der Waals surface area (Å²) in [5.74, 6) is 0. The van der Waals surface area contributed by atoms with Gasteiger partial charge in [-0.15, -0.1) is 0 Å². The Morgan fingerprint density at radius 3 is 2.70 bits per heavy atom. The van der Waals surface area contributed by atoms with Gasteiger partial charge in [0.1, 0.15) is 0 Å². The maximum atomic E-state index is 12.1. The Labute approximate surface area is 134 Å². The quantitative estimate of drug-likeness (QED) is 0.765. The van der Waals surface area contributed by atoms with E-state index < -0.39 is 0 Å². The maximum absolute atomic E-state index is 12.1. The zero-order valence-electron chi connectivity index (χ0n) is 13.4. The van der Waals surface area contributed by atoms with Crippen LogP contribution in [0.2, 0.25) is 0 Å². The van der Waals surface area contributed by atoms with E-state index in [1.165, 1.54) is 22.4 Å². The lowest BCUT2D eigenvalue weighted by Crippen LogP contribution is -2.12. The number of aromatic amines is 1. The number of hydrogen-bond donors (Lipinski definition) is 2. The topological polar surface area (TPSA) is 57.8 Å². The van der Waals surface area contributed by atoms with E-state index in [1.807, 2.05) is 13.0 Å². The van der Waals surface area contributed by atoms with Crippen LogP contribution >= 0.6 is 0 Å². The molecule has 4 nitrogen and oxygen atoms in total. The van der Waals surface area contributed by atoms with E-state index in [0.29, 0.717) is 0 Å². The lowest BCUT2D eigenvalue weighted by Gasteiger charge is -2.09. The lowest BCUT2D eigenvalue weighted by atomic mass is 9.99.